The predicted molar refractivity (Wildman–Crippen MR) is 55.3 cm³/mol. The van der Waals surface area contributed by atoms with Gasteiger partial charge in [-0.15, -0.1) is 0 Å². The monoisotopic (exact) mass is 202 g/mol. The first kappa shape index (κ1) is 9.63. The summed E-state index contributed by atoms with van der Waals surface area (Å²) in [6.45, 7) is 0.0277. The molecule has 0 aromatic heterocycles. The molecule has 1 heterocycles. The third kappa shape index (κ3) is 2.12. The summed E-state index contributed by atoms with van der Waals surface area (Å²) < 4.78 is 5.05. The highest BCUT2D eigenvalue weighted by Crippen LogP contribution is 2.15. The molecule has 76 valence electrons. The topological polar surface area (TPSA) is 49.7 Å². The summed E-state index contributed by atoms with van der Waals surface area (Å²) in [6, 6.07) is 9.39. The largest absolute Gasteiger partial charge is 0.506 e. The molecular formula is C12H10O3. The molecule has 1 aromatic rings. The molecule has 1 unspecified atom stereocenters. The summed E-state index contributed by atoms with van der Waals surface area (Å²) in [4.78, 5) is 0. The van der Waals surface area contributed by atoms with E-state index >= 15 is 0 Å². The molecule has 0 aliphatic carbocycles. The molecule has 0 saturated heterocycles. The van der Waals surface area contributed by atoms with Crippen LogP contribution in [0.1, 0.15) is 5.56 Å². The summed E-state index contributed by atoms with van der Waals surface area (Å²) in [5.74, 6) is 5.28. The standard InChI is InChI=1S/C12H10O3/c13-10-8-15-11(12(10)14)7-6-9-4-2-1-3-5-9/h1-5,11,13-14H,8H2. The molecule has 1 aliphatic heterocycles. The zero-order valence-electron chi connectivity index (χ0n) is 7.97. The molecule has 0 amide bonds. The number of aliphatic hydroxyl groups is 2. The molecule has 0 saturated carbocycles. The molecule has 0 fully saturated rings. The van der Waals surface area contributed by atoms with Gasteiger partial charge in [0.2, 0.25) is 0 Å². The minimum absolute atomic E-state index is 0.0277. The van der Waals surface area contributed by atoms with Crippen molar-refractivity contribution in [1.82, 2.24) is 0 Å². The summed E-state index contributed by atoms with van der Waals surface area (Å²) in [7, 11) is 0. The third-order valence-electron chi connectivity index (χ3n) is 2.05. The van der Waals surface area contributed by atoms with Crippen molar-refractivity contribution in [3.8, 4) is 11.8 Å². The molecule has 0 spiro atoms. The van der Waals surface area contributed by atoms with Gasteiger partial charge in [-0.2, -0.15) is 0 Å². The fraction of sp³-hybridized carbons (Fsp3) is 0.167. The van der Waals surface area contributed by atoms with Crippen LogP contribution in [0.15, 0.2) is 41.9 Å². The van der Waals surface area contributed by atoms with Crippen LogP contribution in [-0.2, 0) is 4.74 Å². The van der Waals surface area contributed by atoms with E-state index in [1.165, 1.54) is 0 Å². The lowest BCUT2D eigenvalue weighted by atomic mass is 10.2. The Hall–Kier alpha value is -1.92. The van der Waals surface area contributed by atoms with Crippen molar-refractivity contribution in [1.29, 1.82) is 0 Å². The van der Waals surface area contributed by atoms with E-state index in [-0.39, 0.29) is 18.1 Å². The van der Waals surface area contributed by atoms with Gasteiger partial charge in [0, 0.05) is 5.56 Å². The number of benzene rings is 1. The number of hydrogen-bond acceptors (Lipinski definition) is 3. The molecule has 1 aromatic carbocycles. The Balaban J connectivity index is 2.14. The van der Waals surface area contributed by atoms with Gasteiger partial charge in [-0.25, -0.2) is 0 Å². The summed E-state index contributed by atoms with van der Waals surface area (Å²) in [6.07, 6.45) is -0.704. The van der Waals surface area contributed by atoms with Crippen LogP contribution in [0.4, 0.5) is 0 Å². The first-order valence-electron chi connectivity index (χ1n) is 4.56. The van der Waals surface area contributed by atoms with Gasteiger partial charge in [0.25, 0.3) is 0 Å². The molecule has 15 heavy (non-hydrogen) atoms. The van der Waals surface area contributed by atoms with Gasteiger partial charge >= 0.3 is 0 Å². The van der Waals surface area contributed by atoms with Crippen LogP contribution in [0.25, 0.3) is 0 Å². The summed E-state index contributed by atoms with van der Waals surface area (Å²) in [5.41, 5.74) is 0.847. The van der Waals surface area contributed by atoms with Crippen molar-refractivity contribution in [2.75, 3.05) is 6.61 Å². The van der Waals surface area contributed by atoms with Gasteiger partial charge in [-0.1, -0.05) is 30.0 Å². The molecule has 0 radical (unpaired) electrons. The van der Waals surface area contributed by atoms with E-state index in [2.05, 4.69) is 11.8 Å². The van der Waals surface area contributed by atoms with Crippen molar-refractivity contribution in [3.05, 3.63) is 47.4 Å². The van der Waals surface area contributed by atoms with Crippen LogP contribution in [0.5, 0.6) is 0 Å². The second kappa shape index (κ2) is 4.07. The van der Waals surface area contributed by atoms with E-state index in [4.69, 9.17) is 9.84 Å². The van der Waals surface area contributed by atoms with E-state index in [1.54, 1.807) is 0 Å². The van der Waals surface area contributed by atoms with Crippen LogP contribution in [-0.4, -0.2) is 22.9 Å². The van der Waals surface area contributed by atoms with E-state index in [0.717, 1.165) is 5.56 Å². The van der Waals surface area contributed by atoms with Crippen molar-refractivity contribution >= 4 is 0 Å². The van der Waals surface area contributed by atoms with E-state index in [1.807, 2.05) is 30.3 Å². The van der Waals surface area contributed by atoms with Gasteiger partial charge in [-0.3, -0.25) is 0 Å². The van der Waals surface area contributed by atoms with E-state index in [9.17, 15) is 5.11 Å². The lowest BCUT2D eigenvalue weighted by Crippen LogP contribution is -2.06. The summed E-state index contributed by atoms with van der Waals surface area (Å²) >= 11 is 0. The number of ether oxygens (including phenoxy) is 1. The normalized spacial score (nSPS) is 19.9. The second-order valence-electron chi connectivity index (χ2n) is 3.16. The highest BCUT2D eigenvalue weighted by molar-refractivity contribution is 5.36. The van der Waals surface area contributed by atoms with Crippen molar-refractivity contribution in [2.45, 2.75) is 6.10 Å². The Bertz CT molecular complexity index is 437. The first-order valence-corrected chi connectivity index (χ1v) is 4.56. The quantitative estimate of drug-likeness (QED) is 0.630. The zero-order valence-corrected chi connectivity index (χ0v) is 7.97. The van der Waals surface area contributed by atoms with Crippen LogP contribution < -0.4 is 0 Å². The van der Waals surface area contributed by atoms with E-state index in [0.29, 0.717) is 0 Å². The second-order valence-corrected chi connectivity index (χ2v) is 3.16. The molecule has 3 nitrogen and oxygen atoms in total. The van der Waals surface area contributed by atoms with Crippen molar-refractivity contribution in [2.24, 2.45) is 0 Å². The van der Waals surface area contributed by atoms with Crippen LogP contribution >= 0.6 is 0 Å². The first-order chi connectivity index (χ1) is 7.27. The number of rotatable bonds is 0. The highest BCUT2D eigenvalue weighted by atomic mass is 16.5. The van der Waals surface area contributed by atoms with Gasteiger partial charge in [-0.05, 0) is 12.1 Å². The predicted octanol–water partition coefficient (Wildman–Crippen LogP) is 1.76. The molecule has 2 rings (SSSR count). The molecule has 1 atom stereocenters. The molecule has 3 heteroatoms. The maximum Gasteiger partial charge on any atom is 0.179 e. The molecule has 1 aliphatic rings. The van der Waals surface area contributed by atoms with Crippen LogP contribution in [0, 0.1) is 11.8 Å². The van der Waals surface area contributed by atoms with Gasteiger partial charge in [0.15, 0.2) is 17.6 Å². The Kier molecular flexibility index (Phi) is 2.61. The van der Waals surface area contributed by atoms with Gasteiger partial charge in [0.1, 0.15) is 6.61 Å². The SMILES string of the molecule is OC1=C(O)C(C#Cc2ccccc2)OC1. The average Bonchev–Trinajstić information content (AvgIpc) is 2.59. The van der Waals surface area contributed by atoms with E-state index < -0.39 is 6.10 Å². The maximum absolute atomic E-state index is 9.34. The summed E-state index contributed by atoms with van der Waals surface area (Å²) in [5, 5.41) is 18.4. The highest BCUT2D eigenvalue weighted by Gasteiger charge is 2.23. The Morgan fingerprint density at radius 2 is 1.93 bits per heavy atom. The van der Waals surface area contributed by atoms with Gasteiger partial charge < -0.3 is 14.9 Å². The van der Waals surface area contributed by atoms with Crippen molar-refractivity contribution < 1.29 is 14.9 Å². The smallest absolute Gasteiger partial charge is 0.179 e. The molecular weight excluding hydrogens is 192 g/mol. The minimum Gasteiger partial charge on any atom is -0.506 e. The Labute approximate surface area is 87.6 Å². The Morgan fingerprint density at radius 3 is 2.53 bits per heavy atom. The lowest BCUT2D eigenvalue weighted by molar-refractivity contribution is 0.128. The van der Waals surface area contributed by atoms with Crippen LogP contribution in [0.2, 0.25) is 0 Å². The van der Waals surface area contributed by atoms with Crippen LogP contribution in [0.3, 0.4) is 0 Å². The van der Waals surface area contributed by atoms with Gasteiger partial charge in [0.05, 0.1) is 0 Å². The maximum atomic E-state index is 9.34. The lowest BCUT2D eigenvalue weighted by Gasteiger charge is -1.99. The zero-order chi connectivity index (χ0) is 10.7. The number of hydrogen-bond donors (Lipinski definition) is 2. The fourth-order valence-electron chi connectivity index (χ4n) is 1.25. The average molecular weight is 202 g/mol. The molecule has 0 bridgehead atoms. The van der Waals surface area contributed by atoms with Crippen molar-refractivity contribution in [3.63, 3.8) is 0 Å². The Morgan fingerprint density at radius 1 is 1.20 bits per heavy atom. The number of aliphatic hydroxyl groups excluding tert-OH is 2. The fourth-order valence-corrected chi connectivity index (χ4v) is 1.25. The minimum atomic E-state index is -0.704. The molecule has 2 N–H and O–H groups in total. The third-order valence-corrected chi connectivity index (χ3v) is 2.05.